The van der Waals surface area contributed by atoms with Crippen LogP contribution in [0.5, 0.6) is 0 Å². The van der Waals surface area contributed by atoms with Crippen molar-refractivity contribution >= 4 is 11.8 Å². The van der Waals surface area contributed by atoms with E-state index in [1.54, 1.807) is 0 Å². The Morgan fingerprint density at radius 2 is 2.30 bits per heavy atom. The van der Waals surface area contributed by atoms with Gasteiger partial charge in [-0.25, -0.2) is 0 Å². The minimum Gasteiger partial charge on any atom is -0.330 e. The third-order valence-electron chi connectivity index (χ3n) is 2.09. The van der Waals surface area contributed by atoms with Crippen LogP contribution in [0, 0.1) is 5.92 Å². The molecule has 0 aromatic rings. The Hall–Kier alpha value is 0.310. The van der Waals surface area contributed by atoms with Crippen LogP contribution in [-0.4, -0.2) is 18.1 Å². The van der Waals surface area contributed by atoms with Gasteiger partial charge in [0.15, 0.2) is 0 Å². The van der Waals surface area contributed by atoms with Crippen LogP contribution in [0.15, 0.2) is 0 Å². The SMILES string of the molecule is NCCCCC1CCSC1. The number of rotatable bonds is 4. The van der Waals surface area contributed by atoms with E-state index in [1.165, 1.54) is 37.2 Å². The summed E-state index contributed by atoms with van der Waals surface area (Å²) < 4.78 is 0. The third-order valence-corrected chi connectivity index (χ3v) is 3.32. The van der Waals surface area contributed by atoms with E-state index in [1.807, 2.05) is 0 Å². The number of nitrogens with two attached hydrogens (primary N) is 1. The Balaban J connectivity index is 1.91. The van der Waals surface area contributed by atoms with Crippen LogP contribution in [0.3, 0.4) is 0 Å². The second-order valence-electron chi connectivity index (χ2n) is 3.01. The van der Waals surface area contributed by atoms with Crippen molar-refractivity contribution in [1.82, 2.24) is 0 Å². The zero-order valence-electron chi connectivity index (χ0n) is 6.51. The zero-order chi connectivity index (χ0) is 7.23. The van der Waals surface area contributed by atoms with E-state index in [4.69, 9.17) is 5.73 Å². The molecule has 2 heteroatoms. The summed E-state index contributed by atoms with van der Waals surface area (Å²) in [6, 6.07) is 0. The predicted molar refractivity (Wildman–Crippen MR) is 48.3 cm³/mol. The highest BCUT2D eigenvalue weighted by Gasteiger charge is 2.13. The van der Waals surface area contributed by atoms with Crippen LogP contribution < -0.4 is 5.73 Å². The van der Waals surface area contributed by atoms with Crippen molar-refractivity contribution in [3.05, 3.63) is 0 Å². The highest BCUT2D eigenvalue weighted by molar-refractivity contribution is 7.99. The summed E-state index contributed by atoms with van der Waals surface area (Å²) in [4.78, 5) is 0. The fourth-order valence-electron chi connectivity index (χ4n) is 1.39. The maximum Gasteiger partial charge on any atom is -0.00388 e. The van der Waals surface area contributed by atoms with Crippen molar-refractivity contribution in [1.29, 1.82) is 0 Å². The van der Waals surface area contributed by atoms with Gasteiger partial charge in [-0.2, -0.15) is 11.8 Å². The summed E-state index contributed by atoms with van der Waals surface area (Å²) in [6.45, 7) is 0.875. The monoisotopic (exact) mass is 159 g/mol. The van der Waals surface area contributed by atoms with Gasteiger partial charge in [-0.3, -0.25) is 0 Å². The molecule has 0 bridgehead atoms. The Bertz CT molecular complexity index is 79.3. The molecular weight excluding hydrogens is 142 g/mol. The van der Waals surface area contributed by atoms with Crippen molar-refractivity contribution in [2.24, 2.45) is 11.7 Å². The van der Waals surface area contributed by atoms with Crippen LogP contribution in [-0.2, 0) is 0 Å². The number of thioether (sulfide) groups is 1. The summed E-state index contributed by atoms with van der Waals surface area (Å²) in [7, 11) is 0. The Labute approximate surface area is 67.8 Å². The Morgan fingerprint density at radius 1 is 1.40 bits per heavy atom. The number of unbranched alkanes of at least 4 members (excludes halogenated alkanes) is 1. The van der Waals surface area contributed by atoms with Gasteiger partial charge in [-0.05, 0) is 43.2 Å². The van der Waals surface area contributed by atoms with E-state index in [2.05, 4.69) is 11.8 Å². The maximum atomic E-state index is 5.41. The van der Waals surface area contributed by atoms with Gasteiger partial charge in [0.05, 0.1) is 0 Å². The summed E-state index contributed by atoms with van der Waals surface area (Å²) in [5.41, 5.74) is 5.41. The van der Waals surface area contributed by atoms with Crippen molar-refractivity contribution < 1.29 is 0 Å². The zero-order valence-corrected chi connectivity index (χ0v) is 7.33. The van der Waals surface area contributed by atoms with Crippen LogP contribution >= 0.6 is 11.8 Å². The first kappa shape index (κ1) is 8.41. The molecule has 1 saturated heterocycles. The second-order valence-corrected chi connectivity index (χ2v) is 4.16. The van der Waals surface area contributed by atoms with E-state index in [-0.39, 0.29) is 0 Å². The van der Waals surface area contributed by atoms with Crippen molar-refractivity contribution in [3.63, 3.8) is 0 Å². The van der Waals surface area contributed by atoms with Gasteiger partial charge >= 0.3 is 0 Å². The number of hydrogen-bond donors (Lipinski definition) is 1. The van der Waals surface area contributed by atoms with E-state index >= 15 is 0 Å². The standard InChI is InChI=1S/C8H17NS/c9-5-2-1-3-8-4-6-10-7-8/h8H,1-7,9H2. The first-order valence-corrected chi connectivity index (χ1v) is 5.37. The molecule has 1 rings (SSSR count). The molecule has 2 N–H and O–H groups in total. The largest absolute Gasteiger partial charge is 0.330 e. The molecule has 0 spiro atoms. The van der Waals surface area contributed by atoms with Gasteiger partial charge < -0.3 is 5.73 Å². The lowest BCUT2D eigenvalue weighted by atomic mass is 10.0. The molecule has 1 aliphatic rings. The summed E-state index contributed by atoms with van der Waals surface area (Å²) in [5.74, 6) is 3.83. The number of hydrogen-bond acceptors (Lipinski definition) is 2. The van der Waals surface area contributed by atoms with E-state index in [0.29, 0.717) is 0 Å². The molecule has 1 unspecified atom stereocenters. The van der Waals surface area contributed by atoms with Crippen LogP contribution in [0.2, 0.25) is 0 Å². The lowest BCUT2D eigenvalue weighted by Gasteiger charge is -2.05. The molecule has 0 saturated carbocycles. The maximum absolute atomic E-state index is 5.41. The molecule has 10 heavy (non-hydrogen) atoms. The van der Waals surface area contributed by atoms with E-state index < -0.39 is 0 Å². The van der Waals surface area contributed by atoms with Crippen LogP contribution in [0.1, 0.15) is 25.7 Å². The fourth-order valence-corrected chi connectivity index (χ4v) is 2.72. The van der Waals surface area contributed by atoms with Crippen LogP contribution in [0.25, 0.3) is 0 Å². The molecule has 0 aliphatic carbocycles. The first-order valence-electron chi connectivity index (χ1n) is 4.21. The molecule has 1 atom stereocenters. The summed E-state index contributed by atoms with van der Waals surface area (Å²) >= 11 is 2.11. The molecular formula is C8H17NS. The molecule has 0 aromatic heterocycles. The summed E-state index contributed by atoms with van der Waals surface area (Å²) in [6.07, 6.45) is 5.45. The molecule has 1 heterocycles. The van der Waals surface area contributed by atoms with Gasteiger partial charge in [0.25, 0.3) is 0 Å². The third kappa shape index (κ3) is 2.93. The molecule has 1 aliphatic heterocycles. The predicted octanol–water partition coefficient (Wildman–Crippen LogP) is 1.87. The van der Waals surface area contributed by atoms with Crippen molar-refractivity contribution in [3.8, 4) is 0 Å². The van der Waals surface area contributed by atoms with Crippen molar-refractivity contribution in [2.75, 3.05) is 18.1 Å². The van der Waals surface area contributed by atoms with Gasteiger partial charge in [0.2, 0.25) is 0 Å². The Kier molecular flexibility index (Phi) is 4.23. The smallest absolute Gasteiger partial charge is 0.00388 e. The van der Waals surface area contributed by atoms with E-state index in [0.717, 1.165) is 12.5 Å². The molecule has 1 fully saturated rings. The molecule has 60 valence electrons. The van der Waals surface area contributed by atoms with Gasteiger partial charge in [-0.15, -0.1) is 0 Å². The van der Waals surface area contributed by atoms with Gasteiger partial charge in [0.1, 0.15) is 0 Å². The Morgan fingerprint density at radius 3 is 2.90 bits per heavy atom. The lowest BCUT2D eigenvalue weighted by molar-refractivity contribution is 0.511. The average Bonchev–Trinajstić information content (AvgIpc) is 2.41. The van der Waals surface area contributed by atoms with Gasteiger partial charge in [0, 0.05) is 0 Å². The molecule has 0 aromatic carbocycles. The topological polar surface area (TPSA) is 26.0 Å². The molecule has 0 radical (unpaired) electrons. The highest BCUT2D eigenvalue weighted by atomic mass is 32.2. The quantitative estimate of drug-likeness (QED) is 0.634. The van der Waals surface area contributed by atoms with Gasteiger partial charge in [-0.1, -0.05) is 6.42 Å². The second kappa shape index (κ2) is 5.03. The highest BCUT2D eigenvalue weighted by Crippen LogP contribution is 2.27. The molecule has 0 amide bonds. The fraction of sp³-hybridized carbons (Fsp3) is 1.00. The van der Waals surface area contributed by atoms with E-state index in [9.17, 15) is 0 Å². The van der Waals surface area contributed by atoms with Crippen molar-refractivity contribution in [2.45, 2.75) is 25.7 Å². The minimum absolute atomic E-state index is 0.875. The molecule has 1 nitrogen and oxygen atoms in total. The van der Waals surface area contributed by atoms with Crippen LogP contribution in [0.4, 0.5) is 0 Å². The summed E-state index contributed by atoms with van der Waals surface area (Å²) in [5, 5.41) is 0. The average molecular weight is 159 g/mol. The normalized spacial score (nSPS) is 25.5. The lowest BCUT2D eigenvalue weighted by Crippen LogP contribution is -2.02. The first-order chi connectivity index (χ1) is 4.93. The minimum atomic E-state index is 0.875.